The first kappa shape index (κ1) is 13.2. The van der Waals surface area contributed by atoms with Crippen molar-refractivity contribution in [2.24, 2.45) is 5.73 Å². The van der Waals surface area contributed by atoms with Crippen molar-refractivity contribution in [2.45, 2.75) is 6.54 Å². The summed E-state index contributed by atoms with van der Waals surface area (Å²) in [6, 6.07) is 3.46. The average Bonchev–Trinajstić information content (AvgIpc) is 2.94. The van der Waals surface area contributed by atoms with E-state index in [0.29, 0.717) is 34.6 Å². The van der Waals surface area contributed by atoms with E-state index in [1.54, 1.807) is 33.5 Å². The Kier molecular flexibility index (Phi) is 3.86. The summed E-state index contributed by atoms with van der Waals surface area (Å²) in [5, 5.41) is 7.73. The van der Waals surface area contributed by atoms with Gasteiger partial charge in [0.05, 0.1) is 27.9 Å². The van der Waals surface area contributed by atoms with Gasteiger partial charge in [0.1, 0.15) is 0 Å². The van der Waals surface area contributed by atoms with Gasteiger partial charge in [-0.15, -0.1) is 10.2 Å². The molecule has 7 heteroatoms. The van der Waals surface area contributed by atoms with Gasteiger partial charge in [-0.1, -0.05) is 0 Å². The van der Waals surface area contributed by atoms with Crippen LogP contribution in [0.2, 0.25) is 0 Å². The van der Waals surface area contributed by atoms with E-state index in [2.05, 4.69) is 10.2 Å². The fourth-order valence-corrected chi connectivity index (χ4v) is 1.66. The van der Waals surface area contributed by atoms with Gasteiger partial charge in [0, 0.05) is 5.56 Å². The summed E-state index contributed by atoms with van der Waals surface area (Å²) in [6.07, 6.45) is 0. The molecular formula is C12H15N3O4. The molecule has 0 fully saturated rings. The molecule has 0 aliphatic rings. The summed E-state index contributed by atoms with van der Waals surface area (Å²) in [6.45, 7) is 0.192. The van der Waals surface area contributed by atoms with Crippen LogP contribution in [0.25, 0.3) is 11.5 Å². The molecule has 7 nitrogen and oxygen atoms in total. The number of methoxy groups -OCH3 is 3. The smallest absolute Gasteiger partial charge is 0.248 e. The van der Waals surface area contributed by atoms with Crippen LogP contribution in [0.3, 0.4) is 0 Å². The van der Waals surface area contributed by atoms with E-state index in [1.165, 1.54) is 0 Å². The van der Waals surface area contributed by atoms with Crippen LogP contribution in [0.4, 0.5) is 0 Å². The van der Waals surface area contributed by atoms with Gasteiger partial charge < -0.3 is 24.4 Å². The van der Waals surface area contributed by atoms with Crippen LogP contribution in [-0.2, 0) is 6.54 Å². The lowest BCUT2D eigenvalue weighted by molar-refractivity contribution is 0.324. The zero-order valence-electron chi connectivity index (χ0n) is 11.0. The second-order valence-corrected chi connectivity index (χ2v) is 3.62. The monoisotopic (exact) mass is 265 g/mol. The first-order chi connectivity index (χ1) is 9.23. The Hall–Kier alpha value is -2.28. The second kappa shape index (κ2) is 5.57. The summed E-state index contributed by atoms with van der Waals surface area (Å²) < 4.78 is 21.1. The van der Waals surface area contributed by atoms with Gasteiger partial charge in [-0.25, -0.2) is 0 Å². The molecule has 2 rings (SSSR count). The molecule has 1 aromatic carbocycles. The van der Waals surface area contributed by atoms with Crippen molar-refractivity contribution >= 4 is 0 Å². The maximum Gasteiger partial charge on any atom is 0.248 e. The molecule has 0 aliphatic carbocycles. The molecule has 0 bridgehead atoms. The first-order valence-corrected chi connectivity index (χ1v) is 5.56. The molecule has 2 aromatic rings. The Balaban J connectivity index is 2.51. The minimum atomic E-state index is 0.192. The Morgan fingerprint density at radius 1 is 1.05 bits per heavy atom. The number of hydrogen-bond acceptors (Lipinski definition) is 7. The molecule has 1 heterocycles. The van der Waals surface area contributed by atoms with Crippen LogP contribution in [-0.4, -0.2) is 31.5 Å². The summed E-state index contributed by atoms with van der Waals surface area (Å²) in [4.78, 5) is 0. The number of ether oxygens (including phenoxy) is 3. The SMILES string of the molecule is COc1cc(-c2nnc(CN)o2)cc(OC)c1OC. The topological polar surface area (TPSA) is 92.6 Å². The van der Waals surface area contributed by atoms with E-state index < -0.39 is 0 Å². The van der Waals surface area contributed by atoms with E-state index in [4.69, 9.17) is 24.4 Å². The predicted molar refractivity (Wildman–Crippen MR) is 67.3 cm³/mol. The standard InChI is InChI=1S/C12H15N3O4/c1-16-8-4-7(5-9(17-2)11(8)18-3)12-15-14-10(6-13)19-12/h4-5H,6,13H2,1-3H3. The molecule has 0 unspecified atom stereocenters. The minimum absolute atomic E-state index is 0.192. The molecule has 0 saturated heterocycles. The zero-order chi connectivity index (χ0) is 13.8. The molecule has 102 valence electrons. The molecule has 0 atom stereocenters. The number of aromatic nitrogens is 2. The van der Waals surface area contributed by atoms with Crippen molar-refractivity contribution in [1.82, 2.24) is 10.2 Å². The number of rotatable bonds is 5. The average molecular weight is 265 g/mol. The first-order valence-electron chi connectivity index (χ1n) is 5.56. The minimum Gasteiger partial charge on any atom is -0.493 e. The van der Waals surface area contributed by atoms with Gasteiger partial charge in [0.25, 0.3) is 0 Å². The fourth-order valence-electron chi connectivity index (χ4n) is 1.66. The van der Waals surface area contributed by atoms with Crippen molar-refractivity contribution in [3.05, 3.63) is 18.0 Å². The summed E-state index contributed by atoms with van der Waals surface area (Å²) >= 11 is 0. The Morgan fingerprint density at radius 2 is 1.68 bits per heavy atom. The fraction of sp³-hybridized carbons (Fsp3) is 0.333. The number of benzene rings is 1. The quantitative estimate of drug-likeness (QED) is 0.868. The van der Waals surface area contributed by atoms with Gasteiger partial charge >= 0.3 is 0 Å². The maximum atomic E-state index is 5.43. The van der Waals surface area contributed by atoms with E-state index >= 15 is 0 Å². The van der Waals surface area contributed by atoms with Crippen LogP contribution in [0.15, 0.2) is 16.5 Å². The van der Waals surface area contributed by atoms with E-state index in [9.17, 15) is 0 Å². The molecule has 0 saturated carbocycles. The Labute approximate surface area is 110 Å². The van der Waals surface area contributed by atoms with E-state index in [1.807, 2.05) is 0 Å². The zero-order valence-corrected chi connectivity index (χ0v) is 11.0. The lowest BCUT2D eigenvalue weighted by atomic mass is 10.2. The largest absolute Gasteiger partial charge is 0.493 e. The Morgan fingerprint density at radius 3 is 2.11 bits per heavy atom. The summed E-state index contributed by atoms with van der Waals surface area (Å²) in [5.74, 6) is 2.25. The predicted octanol–water partition coefficient (Wildman–Crippen LogP) is 1.22. The second-order valence-electron chi connectivity index (χ2n) is 3.62. The number of hydrogen-bond donors (Lipinski definition) is 1. The van der Waals surface area contributed by atoms with Crippen LogP contribution >= 0.6 is 0 Å². The van der Waals surface area contributed by atoms with Crippen LogP contribution in [0, 0.1) is 0 Å². The lowest BCUT2D eigenvalue weighted by Gasteiger charge is -2.12. The van der Waals surface area contributed by atoms with Gasteiger partial charge in [-0.3, -0.25) is 0 Å². The van der Waals surface area contributed by atoms with Crippen molar-refractivity contribution in [1.29, 1.82) is 0 Å². The molecule has 2 N–H and O–H groups in total. The molecule has 0 aliphatic heterocycles. The highest BCUT2D eigenvalue weighted by Crippen LogP contribution is 2.40. The highest BCUT2D eigenvalue weighted by molar-refractivity contribution is 5.65. The number of nitrogens with two attached hydrogens (primary N) is 1. The third-order valence-electron chi connectivity index (χ3n) is 2.55. The molecule has 0 spiro atoms. The van der Waals surface area contributed by atoms with Gasteiger partial charge in [-0.2, -0.15) is 0 Å². The van der Waals surface area contributed by atoms with Crippen molar-refractivity contribution in [2.75, 3.05) is 21.3 Å². The molecular weight excluding hydrogens is 250 g/mol. The van der Waals surface area contributed by atoms with Crippen LogP contribution in [0.5, 0.6) is 17.2 Å². The summed E-state index contributed by atoms with van der Waals surface area (Å²) in [7, 11) is 4.62. The van der Waals surface area contributed by atoms with Gasteiger partial charge in [-0.05, 0) is 12.1 Å². The molecule has 19 heavy (non-hydrogen) atoms. The van der Waals surface area contributed by atoms with Crippen molar-refractivity contribution in [3.63, 3.8) is 0 Å². The van der Waals surface area contributed by atoms with Crippen LogP contribution in [0.1, 0.15) is 5.89 Å². The lowest BCUT2D eigenvalue weighted by Crippen LogP contribution is -1.95. The van der Waals surface area contributed by atoms with Gasteiger partial charge in [0.15, 0.2) is 11.5 Å². The molecule has 0 radical (unpaired) electrons. The maximum absolute atomic E-state index is 5.43. The third-order valence-corrected chi connectivity index (χ3v) is 2.55. The van der Waals surface area contributed by atoms with Crippen molar-refractivity contribution in [3.8, 4) is 28.7 Å². The highest BCUT2D eigenvalue weighted by atomic mass is 16.5. The highest BCUT2D eigenvalue weighted by Gasteiger charge is 2.17. The van der Waals surface area contributed by atoms with Crippen LogP contribution < -0.4 is 19.9 Å². The van der Waals surface area contributed by atoms with E-state index in [0.717, 1.165) is 0 Å². The van der Waals surface area contributed by atoms with E-state index in [-0.39, 0.29) is 6.54 Å². The molecule has 0 amide bonds. The third kappa shape index (κ3) is 2.45. The molecule has 1 aromatic heterocycles. The normalized spacial score (nSPS) is 10.3. The summed E-state index contributed by atoms with van der Waals surface area (Å²) in [5.41, 5.74) is 6.10. The van der Waals surface area contributed by atoms with Crippen molar-refractivity contribution < 1.29 is 18.6 Å². The Bertz CT molecular complexity index is 543. The number of nitrogens with zero attached hydrogens (tertiary/aromatic N) is 2. The van der Waals surface area contributed by atoms with Gasteiger partial charge in [0.2, 0.25) is 17.5 Å².